The van der Waals surface area contributed by atoms with E-state index in [1.807, 2.05) is 0 Å². The van der Waals surface area contributed by atoms with Crippen LogP contribution in [0.25, 0.3) is 0 Å². The molecule has 29 heavy (non-hydrogen) atoms. The van der Waals surface area contributed by atoms with E-state index < -0.39 is 35.6 Å². The number of anilines is 2. The van der Waals surface area contributed by atoms with Crippen molar-refractivity contribution >= 4 is 37.1 Å². The van der Waals surface area contributed by atoms with Crippen LogP contribution in [0.15, 0.2) is 88.7 Å². The Morgan fingerprint density at radius 3 is 1.79 bits per heavy atom. The lowest BCUT2D eigenvalue weighted by atomic mass is 10.3. The summed E-state index contributed by atoms with van der Waals surface area (Å²) in [6, 6.07) is 18.2. The third kappa shape index (κ3) is 4.70. The van der Waals surface area contributed by atoms with Gasteiger partial charge in [-0.1, -0.05) is 30.3 Å². The van der Waals surface area contributed by atoms with Gasteiger partial charge in [0.05, 0.1) is 9.82 Å². The maximum Gasteiger partial charge on any atom is 0.289 e. The number of hydrogen-bond donors (Lipinski definition) is 2. The highest BCUT2D eigenvalue weighted by atomic mass is 32.2. The molecule has 9 nitrogen and oxygen atoms in total. The number of benzene rings is 3. The Morgan fingerprint density at radius 1 is 0.655 bits per heavy atom. The SMILES string of the molecule is O=[N+]([O-])c1ccccc1S(=O)(=O)Nc1ccc(S(=O)(=O)Nc2ccccc2)cc1. The molecule has 0 unspecified atom stereocenters. The molecule has 0 aliphatic heterocycles. The van der Waals surface area contributed by atoms with Crippen LogP contribution in [-0.2, 0) is 20.0 Å². The molecule has 0 saturated heterocycles. The highest BCUT2D eigenvalue weighted by Crippen LogP contribution is 2.26. The van der Waals surface area contributed by atoms with E-state index >= 15 is 0 Å². The van der Waals surface area contributed by atoms with Crippen molar-refractivity contribution in [2.75, 3.05) is 9.44 Å². The minimum absolute atomic E-state index is 0.0572. The van der Waals surface area contributed by atoms with E-state index in [4.69, 9.17) is 0 Å². The highest BCUT2D eigenvalue weighted by molar-refractivity contribution is 7.93. The monoisotopic (exact) mass is 433 g/mol. The van der Waals surface area contributed by atoms with E-state index in [0.717, 1.165) is 12.1 Å². The minimum atomic E-state index is -4.24. The molecular formula is C18H15N3O6S2. The maximum atomic E-state index is 12.5. The number of rotatable bonds is 7. The van der Waals surface area contributed by atoms with Crippen molar-refractivity contribution in [2.24, 2.45) is 0 Å². The van der Waals surface area contributed by atoms with E-state index in [0.29, 0.717) is 5.69 Å². The van der Waals surface area contributed by atoms with Crippen LogP contribution in [0.4, 0.5) is 17.1 Å². The highest BCUT2D eigenvalue weighted by Gasteiger charge is 2.25. The fourth-order valence-corrected chi connectivity index (χ4v) is 4.76. The molecule has 0 bridgehead atoms. The predicted molar refractivity (Wildman–Crippen MR) is 108 cm³/mol. The Hall–Kier alpha value is -3.44. The van der Waals surface area contributed by atoms with E-state index in [1.165, 1.54) is 36.4 Å². The number of sulfonamides is 2. The summed E-state index contributed by atoms with van der Waals surface area (Å²) in [6.07, 6.45) is 0. The van der Waals surface area contributed by atoms with Gasteiger partial charge in [0.25, 0.3) is 25.7 Å². The lowest BCUT2D eigenvalue weighted by Gasteiger charge is -2.10. The van der Waals surface area contributed by atoms with Gasteiger partial charge in [0.15, 0.2) is 4.90 Å². The second-order valence-electron chi connectivity index (χ2n) is 5.83. The maximum absolute atomic E-state index is 12.5. The number of nitro groups is 1. The molecule has 3 aromatic carbocycles. The molecule has 150 valence electrons. The van der Waals surface area contributed by atoms with Crippen LogP contribution in [-0.4, -0.2) is 21.8 Å². The molecule has 0 aromatic heterocycles. The van der Waals surface area contributed by atoms with Gasteiger partial charge in [-0.2, -0.15) is 0 Å². The number of para-hydroxylation sites is 2. The number of nitrogens with zero attached hydrogens (tertiary/aromatic N) is 1. The quantitative estimate of drug-likeness (QED) is 0.434. The van der Waals surface area contributed by atoms with Gasteiger partial charge in [0.2, 0.25) is 0 Å². The van der Waals surface area contributed by atoms with Crippen molar-refractivity contribution in [3.63, 3.8) is 0 Å². The molecule has 0 fully saturated rings. The fourth-order valence-electron chi connectivity index (χ4n) is 2.47. The Kier molecular flexibility index (Phi) is 5.52. The van der Waals surface area contributed by atoms with Crippen molar-refractivity contribution in [1.82, 2.24) is 0 Å². The van der Waals surface area contributed by atoms with Crippen molar-refractivity contribution in [1.29, 1.82) is 0 Å². The summed E-state index contributed by atoms with van der Waals surface area (Å²) in [7, 11) is -8.10. The third-order valence-corrected chi connectivity index (χ3v) is 6.62. The normalized spacial score (nSPS) is 11.6. The van der Waals surface area contributed by atoms with Crippen LogP contribution in [0.1, 0.15) is 0 Å². The van der Waals surface area contributed by atoms with E-state index in [9.17, 15) is 26.9 Å². The summed E-state index contributed by atoms with van der Waals surface area (Å²) in [6.45, 7) is 0. The van der Waals surface area contributed by atoms with Gasteiger partial charge in [-0.15, -0.1) is 0 Å². The van der Waals surface area contributed by atoms with Crippen LogP contribution in [0.2, 0.25) is 0 Å². The second-order valence-corrected chi connectivity index (χ2v) is 9.16. The molecule has 0 aliphatic carbocycles. The number of nitrogens with one attached hydrogen (secondary N) is 2. The van der Waals surface area contributed by atoms with Crippen molar-refractivity contribution in [3.05, 3.63) is 89.0 Å². The van der Waals surface area contributed by atoms with Crippen LogP contribution in [0.5, 0.6) is 0 Å². The largest absolute Gasteiger partial charge is 0.289 e. The van der Waals surface area contributed by atoms with Crippen molar-refractivity contribution in [2.45, 2.75) is 9.79 Å². The predicted octanol–water partition coefficient (Wildman–Crippen LogP) is 3.20. The molecule has 0 spiro atoms. The van der Waals surface area contributed by atoms with Gasteiger partial charge in [0, 0.05) is 17.4 Å². The molecule has 11 heteroatoms. The summed E-state index contributed by atoms with van der Waals surface area (Å²) in [5, 5.41) is 11.1. The van der Waals surface area contributed by atoms with Crippen LogP contribution in [0.3, 0.4) is 0 Å². The Bertz CT molecular complexity index is 1240. The molecule has 0 amide bonds. The summed E-state index contributed by atoms with van der Waals surface area (Å²) in [5.41, 5.74) is -0.123. The van der Waals surface area contributed by atoms with Gasteiger partial charge in [0.1, 0.15) is 0 Å². The number of nitro benzene ring substituents is 1. The Morgan fingerprint density at radius 2 is 1.17 bits per heavy atom. The summed E-state index contributed by atoms with van der Waals surface area (Å²) in [4.78, 5) is 9.71. The molecule has 0 heterocycles. The molecule has 2 N–H and O–H groups in total. The zero-order valence-corrected chi connectivity index (χ0v) is 16.4. The first-order chi connectivity index (χ1) is 13.7. The first kappa shape index (κ1) is 20.3. The smallest absolute Gasteiger partial charge is 0.280 e. The minimum Gasteiger partial charge on any atom is -0.280 e. The molecular weight excluding hydrogens is 418 g/mol. The summed E-state index contributed by atoms with van der Waals surface area (Å²) >= 11 is 0. The lowest BCUT2D eigenvalue weighted by Crippen LogP contribution is -2.15. The zero-order chi connectivity index (χ0) is 21.1. The third-order valence-electron chi connectivity index (χ3n) is 3.79. The van der Waals surface area contributed by atoms with E-state index in [-0.39, 0.29) is 10.6 Å². The first-order valence-corrected chi connectivity index (χ1v) is 11.1. The van der Waals surface area contributed by atoms with Gasteiger partial charge >= 0.3 is 0 Å². The van der Waals surface area contributed by atoms with Crippen molar-refractivity contribution in [3.8, 4) is 0 Å². The lowest BCUT2D eigenvalue weighted by molar-refractivity contribution is -0.387. The van der Waals surface area contributed by atoms with E-state index in [1.54, 1.807) is 30.3 Å². The van der Waals surface area contributed by atoms with Gasteiger partial charge in [-0.05, 0) is 42.5 Å². The Balaban J connectivity index is 1.83. The van der Waals surface area contributed by atoms with Gasteiger partial charge < -0.3 is 0 Å². The van der Waals surface area contributed by atoms with E-state index in [2.05, 4.69) is 9.44 Å². The average molecular weight is 433 g/mol. The van der Waals surface area contributed by atoms with Crippen molar-refractivity contribution < 1.29 is 21.8 Å². The summed E-state index contributed by atoms with van der Waals surface area (Å²) in [5.74, 6) is 0. The summed E-state index contributed by atoms with van der Waals surface area (Å²) < 4.78 is 54.5. The van der Waals surface area contributed by atoms with Crippen LogP contribution < -0.4 is 9.44 Å². The molecule has 3 rings (SSSR count). The number of hydrogen-bond acceptors (Lipinski definition) is 6. The molecule has 0 radical (unpaired) electrons. The molecule has 0 aliphatic rings. The van der Waals surface area contributed by atoms with Gasteiger partial charge in [-0.3, -0.25) is 19.6 Å². The molecule has 0 saturated carbocycles. The molecule has 3 aromatic rings. The standard InChI is InChI=1S/C18H15N3O6S2/c22-21(23)17-8-4-5-9-18(17)29(26,27)20-15-10-12-16(13-11-15)28(24,25)19-14-6-2-1-3-7-14/h1-13,19-20H. The van der Waals surface area contributed by atoms with Crippen LogP contribution >= 0.6 is 0 Å². The first-order valence-electron chi connectivity index (χ1n) is 8.13. The van der Waals surface area contributed by atoms with Gasteiger partial charge in [-0.25, -0.2) is 16.8 Å². The molecule has 0 atom stereocenters. The average Bonchev–Trinajstić information content (AvgIpc) is 2.68. The van der Waals surface area contributed by atoms with Crippen LogP contribution in [0, 0.1) is 10.1 Å². The fraction of sp³-hybridized carbons (Fsp3) is 0. The zero-order valence-electron chi connectivity index (χ0n) is 14.7. The second kappa shape index (κ2) is 7.89. The topological polar surface area (TPSA) is 135 Å². The Labute approximate surface area is 167 Å².